The first kappa shape index (κ1) is 15.0. The van der Waals surface area contributed by atoms with E-state index in [0.717, 1.165) is 37.0 Å². The topological polar surface area (TPSA) is 76.9 Å². The van der Waals surface area contributed by atoms with Crippen LogP contribution in [0.15, 0.2) is 29.6 Å². The zero-order valence-electron chi connectivity index (χ0n) is 10.9. The molecule has 1 aliphatic heterocycles. The van der Waals surface area contributed by atoms with Gasteiger partial charge in [0.2, 0.25) is 0 Å². The van der Waals surface area contributed by atoms with E-state index in [1.165, 1.54) is 6.20 Å². The first-order chi connectivity index (χ1) is 9.04. The lowest BCUT2D eigenvalue weighted by Gasteiger charge is -2.09. The van der Waals surface area contributed by atoms with Gasteiger partial charge in [0.05, 0.1) is 11.4 Å². The van der Waals surface area contributed by atoms with E-state index in [2.05, 4.69) is 15.4 Å². The second kappa shape index (κ2) is 5.51. The van der Waals surface area contributed by atoms with Crippen molar-refractivity contribution in [1.29, 1.82) is 0 Å². The summed E-state index contributed by atoms with van der Waals surface area (Å²) in [5.74, 6) is 0. The average Bonchev–Trinajstić information content (AvgIpc) is 2.81. The van der Waals surface area contributed by atoms with Crippen LogP contribution in [0.1, 0.15) is 11.3 Å². The number of sulfone groups is 1. The Labute approximate surface area is 123 Å². The molecule has 0 fully saturated rings. The van der Waals surface area contributed by atoms with E-state index in [-0.39, 0.29) is 17.4 Å². The second-order valence-electron chi connectivity index (χ2n) is 4.60. The summed E-state index contributed by atoms with van der Waals surface area (Å²) in [6.45, 7) is 1.73. The highest BCUT2D eigenvalue weighted by atomic mass is 35.5. The van der Waals surface area contributed by atoms with Crippen LogP contribution in [0.4, 0.5) is 0 Å². The van der Waals surface area contributed by atoms with Gasteiger partial charge in [0.15, 0.2) is 14.9 Å². The molecular weight excluding hydrogens is 300 g/mol. The minimum absolute atomic E-state index is 0. The van der Waals surface area contributed by atoms with Gasteiger partial charge in [-0.05, 0) is 6.07 Å². The third-order valence-electron chi connectivity index (χ3n) is 3.09. The fourth-order valence-electron chi connectivity index (χ4n) is 2.11. The zero-order valence-corrected chi connectivity index (χ0v) is 12.5. The molecule has 0 unspecified atom stereocenters. The summed E-state index contributed by atoms with van der Waals surface area (Å²) < 4.78 is 24.7. The smallest absolute Gasteiger partial charge is 0.192 e. The second-order valence-corrected chi connectivity index (χ2v) is 6.56. The number of fused-ring (bicyclic) bond motifs is 1. The number of pyridine rings is 1. The molecule has 0 saturated carbocycles. The van der Waals surface area contributed by atoms with Gasteiger partial charge in [-0.15, -0.1) is 12.4 Å². The Kier molecular flexibility index (Phi) is 4.12. The molecule has 0 atom stereocenters. The van der Waals surface area contributed by atoms with Crippen LogP contribution in [-0.4, -0.2) is 36.0 Å². The van der Waals surface area contributed by atoms with Crippen molar-refractivity contribution < 1.29 is 8.42 Å². The number of halogens is 1. The number of aromatic nitrogens is 3. The van der Waals surface area contributed by atoms with Crippen molar-refractivity contribution in [3.63, 3.8) is 0 Å². The first-order valence-electron chi connectivity index (χ1n) is 5.99. The Balaban J connectivity index is 0.00000147. The summed E-state index contributed by atoms with van der Waals surface area (Å²) in [4.78, 5) is 3.88. The highest BCUT2D eigenvalue weighted by molar-refractivity contribution is 7.90. The van der Waals surface area contributed by atoms with Crippen LogP contribution in [0.25, 0.3) is 5.69 Å². The number of rotatable bonds is 2. The molecule has 0 radical (unpaired) electrons. The van der Waals surface area contributed by atoms with Crippen LogP contribution in [0.2, 0.25) is 0 Å². The van der Waals surface area contributed by atoms with Crippen molar-refractivity contribution in [3.8, 4) is 5.69 Å². The Hall–Kier alpha value is -1.44. The predicted octanol–water partition coefficient (Wildman–Crippen LogP) is 0.738. The van der Waals surface area contributed by atoms with E-state index in [1.807, 2.05) is 6.20 Å². The molecule has 0 bridgehead atoms. The number of hydrogen-bond acceptors (Lipinski definition) is 5. The SMILES string of the molecule is CS(=O)(=O)c1cc(-n2cc3c(n2)CCNC3)ccn1.Cl. The summed E-state index contributed by atoms with van der Waals surface area (Å²) in [5, 5.41) is 7.84. The molecule has 3 rings (SSSR count). The Morgan fingerprint density at radius 1 is 1.40 bits per heavy atom. The fourth-order valence-corrected chi connectivity index (χ4v) is 2.70. The highest BCUT2D eigenvalue weighted by Gasteiger charge is 2.15. The van der Waals surface area contributed by atoms with Gasteiger partial charge in [-0.2, -0.15) is 5.10 Å². The van der Waals surface area contributed by atoms with Gasteiger partial charge in [-0.25, -0.2) is 18.1 Å². The average molecular weight is 315 g/mol. The number of nitrogens with zero attached hydrogens (tertiary/aromatic N) is 3. The molecule has 8 heteroatoms. The van der Waals surface area contributed by atoms with Crippen LogP contribution >= 0.6 is 12.4 Å². The third-order valence-corrected chi connectivity index (χ3v) is 4.08. The van der Waals surface area contributed by atoms with E-state index < -0.39 is 9.84 Å². The van der Waals surface area contributed by atoms with Crippen LogP contribution in [0.3, 0.4) is 0 Å². The van der Waals surface area contributed by atoms with Gasteiger partial charge in [-0.3, -0.25) is 0 Å². The Morgan fingerprint density at radius 3 is 2.90 bits per heavy atom. The van der Waals surface area contributed by atoms with Gasteiger partial charge in [0.1, 0.15) is 0 Å². The minimum Gasteiger partial charge on any atom is -0.312 e. The van der Waals surface area contributed by atoms with Crippen molar-refractivity contribution in [2.45, 2.75) is 18.0 Å². The van der Waals surface area contributed by atoms with Crippen molar-refractivity contribution in [3.05, 3.63) is 35.8 Å². The van der Waals surface area contributed by atoms with Crippen molar-refractivity contribution in [2.75, 3.05) is 12.8 Å². The maximum atomic E-state index is 11.5. The summed E-state index contributed by atoms with van der Waals surface area (Å²) in [5.41, 5.74) is 2.94. The van der Waals surface area contributed by atoms with Crippen LogP contribution < -0.4 is 5.32 Å². The predicted molar refractivity (Wildman–Crippen MR) is 77.1 cm³/mol. The van der Waals surface area contributed by atoms with E-state index in [1.54, 1.807) is 16.8 Å². The summed E-state index contributed by atoms with van der Waals surface area (Å²) in [7, 11) is -3.30. The fraction of sp³-hybridized carbons (Fsp3) is 0.333. The van der Waals surface area contributed by atoms with Crippen molar-refractivity contribution in [1.82, 2.24) is 20.1 Å². The van der Waals surface area contributed by atoms with Gasteiger partial charge in [-0.1, -0.05) is 0 Å². The van der Waals surface area contributed by atoms with E-state index in [4.69, 9.17) is 0 Å². The molecule has 1 aliphatic rings. The molecule has 0 aliphatic carbocycles. The van der Waals surface area contributed by atoms with Crippen molar-refractivity contribution in [2.24, 2.45) is 0 Å². The molecule has 108 valence electrons. The minimum atomic E-state index is -3.30. The monoisotopic (exact) mass is 314 g/mol. The molecule has 0 amide bonds. The lowest BCUT2D eigenvalue weighted by atomic mass is 10.1. The molecule has 0 saturated heterocycles. The van der Waals surface area contributed by atoms with Crippen molar-refractivity contribution >= 4 is 22.2 Å². The molecule has 6 nitrogen and oxygen atoms in total. The summed E-state index contributed by atoms with van der Waals surface area (Å²) in [6.07, 6.45) is 5.47. The normalized spacial score (nSPS) is 14.4. The molecule has 2 aromatic heterocycles. The van der Waals surface area contributed by atoms with E-state index >= 15 is 0 Å². The lowest BCUT2D eigenvalue weighted by molar-refractivity contribution is 0.598. The molecular formula is C12H15ClN4O2S. The lowest BCUT2D eigenvalue weighted by Crippen LogP contribution is -2.22. The Morgan fingerprint density at radius 2 is 2.20 bits per heavy atom. The number of hydrogen-bond donors (Lipinski definition) is 1. The van der Waals surface area contributed by atoms with E-state index in [0.29, 0.717) is 5.69 Å². The number of nitrogens with one attached hydrogen (secondary N) is 1. The molecule has 2 aromatic rings. The van der Waals surface area contributed by atoms with E-state index in [9.17, 15) is 8.42 Å². The van der Waals surface area contributed by atoms with Gasteiger partial charge < -0.3 is 5.32 Å². The standard InChI is InChI=1S/C12H14N4O2S.ClH/c1-19(17,18)12-6-10(2-5-14-12)16-8-9-7-13-4-3-11(9)15-16;/h2,5-6,8,13H,3-4,7H2,1H3;1H. The molecule has 0 aromatic carbocycles. The summed E-state index contributed by atoms with van der Waals surface area (Å²) >= 11 is 0. The first-order valence-corrected chi connectivity index (χ1v) is 7.88. The Bertz CT molecular complexity index is 703. The highest BCUT2D eigenvalue weighted by Crippen LogP contribution is 2.17. The van der Waals surface area contributed by atoms with Crippen LogP contribution in [0, 0.1) is 0 Å². The quantitative estimate of drug-likeness (QED) is 0.884. The molecule has 1 N–H and O–H groups in total. The van der Waals surface area contributed by atoms with Gasteiger partial charge in [0.25, 0.3) is 0 Å². The van der Waals surface area contributed by atoms with Gasteiger partial charge >= 0.3 is 0 Å². The van der Waals surface area contributed by atoms with Crippen LogP contribution in [-0.2, 0) is 22.8 Å². The summed E-state index contributed by atoms with van der Waals surface area (Å²) in [6, 6.07) is 3.29. The maximum absolute atomic E-state index is 11.5. The molecule has 0 spiro atoms. The molecule has 20 heavy (non-hydrogen) atoms. The third kappa shape index (κ3) is 2.84. The molecule has 3 heterocycles. The van der Waals surface area contributed by atoms with Gasteiger partial charge in [0, 0.05) is 49.8 Å². The van der Waals surface area contributed by atoms with Crippen LogP contribution in [0.5, 0.6) is 0 Å². The maximum Gasteiger partial charge on any atom is 0.192 e. The largest absolute Gasteiger partial charge is 0.312 e. The zero-order chi connectivity index (χ0) is 13.5.